The molecule has 160 valence electrons. The number of carbonyl (C=O) groups excluding carboxylic acids is 1. The zero-order valence-corrected chi connectivity index (χ0v) is 17.9. The Labute approximate surface area is 168 Å². The number of hydrogen-bond donors (Lipinski definition) is 3. The molecule has 0 aromatic heterocycles. The molecule has 1 aromatic rings. The molecule has 5 N–H and O–H groups in total. The van der Waals surface area contributed by atoms with Gasteiger partial charge in [-0.05, 0) is 38.3 Å². The molecule has 0 saturated carbocycles. The first kappa shape index (κ1) is 26.1. The van der Waals surface area contributed by atoms with Crippen molar-refractivity contribution in [1.29, 1.82) is 0 Å². The summed E-state index contributed by atoms with van der Waals surface area (Å²) in [4.78, 5) is 23.9. The molecule has 0 aliphatic rings. The van der Waals surface area contributed by atoms with E-state index < -0.39 is 11.7 Å². The number of unbranched alkanes of at least 4 members (excludes halogenated alkanes) is 6. The molecule has 0 amide bonds. The first-order valence-corrected chi connectivity index (χ1v) is 10.2. The number of hydrogen-bond acceptors (Lipinski definition) is 4. The Morgan fingerprint density at radius 2 is 1.39 bits per heavy atom. The number of quaternary nitrogens is 1. The van der Waals surface area contributed by atoms with E-state index in [2.05, 4.69) is 12.7 Å². The predicted octanol–water partition coefficient (Wildman–Crippen LogP) is 2.93. The third-order valence-corrected chi connectivity index (χ3v) is 4.91. The fourth-order valence-electron chi connectivity index (χ4n) is 3.17. The topological polar surface area (TPSA) is 125 Å². The first-order chi connectivity index (χ1) is 13.2. The van der Waals surface area contributed by atoms with Gasteiger partial charge in [-0.2, -0.15) is 0 Å². The van der Waals surface area contributed by atoms with Crippen molar-refractivity contribution in [3.05, 3.63) is 27.8 Å². The van der Waals surface area contributed by atoms with Gasteiger partial charge in [-0.15, -0.1) is 0 Å². The second-order valence-electron chi connectivity index (χ2n) is 7.13. The van der Waals surface area contributed by atoms with E-state index in [-0.39, 0.29) is 18.0 Å². The third kappa shape index (κ3) is 7.98. The summed E-state index contributed by atoms with van der Waals surface area (Å²) in [6.07, 6.45) is 8.29. The summed E-state index contributed by atoms with van der Waals surface area (Å²) in [7, 11) is 0. The number of aliphatic hydroxyl groups is 1. The highest BCUT2D eigenvalue weighted by Gasteiger charge is 2.21. The van der Waals surface area contributed by atoms with Crippen LogP contribution in [0.25, 0.3) is 0 Å². The normalized spacial score (nSPS) is 10.4. The molecule has 0 heterocycles. The summed E-state index contributed by atoms with van der Waals surface area (Å²) >= 11 is 0. The summed E-state index contributed by atoms with van der Waals surface area (Å²) in [6, 6.07) is 0. The highest BCUT2D eigenvalue weighted by Crippen LogP contribution is 2.31. The second-order valence-corrected chi connectivity index (χ2v) is 7.13. The molecule has 1 aromatic carbocycles. The third-order valence-electron chi connectivity index (χ3n) is 4.91. The number of carbonyl (C=O) groups is 2. The van der Waals surface area contributed by atoms with Gasteiger partial charge in [-0.3, -0.25) is 4.79 Å². The van der Waals surface area contributed by atoms with Gasteiger partial charge in [0.1, 0.15) is 0 Å². The molecule has 0 radical (unpaired) electrons. The second kappa shape index (κ2) is 14.1. The Balaban J connectivity index is 0.00000165. The van der Waals surface area contributed by atoms with Crippen molar-refractivity contribution in [3.63, 3.8) is 0 Å². The van der Waals surface area contributed by atoms with E-state index in [1.807, 2.05) is 0 Å². The van der Waals surface area contributed by atoms with Crippen molar-refractivity contribution in [3.8, 4) is 5.75 Å². The fourth-order valence-corrected chi connectivity index (χ4v) is 3.17. The van der Waals surface area contributed by atoms with Crippen LogP contribution in [0.2, 0.25) is 0 Å². The van der Waals surface area contributed by atoms with Crippen LogP contribution in [0.4, 0.5) is 0 Å². The van der Waals surface area contributed by atoms with E-state index in [1.54, 1.807) is 20.8 Å². The van der Waals surface area contributed by atoms with Crippen LogP contribution < -0.4 is 10.8 Å². The van der Waals surface area contributed by atoms with Gasteiger partial charge < -0.3 is 21.1 Å². The summed E-state index contributed by atoms with van der Waals surface area (Å²) in [5, 5.41) is 29.2. The van der Waals surface area contributed by atoms with E-state index >= 15 is 0 Å². The van der Waals surface area contributed by atoms with Crippen molar-refractivity contribution in [1.82, 2.24) is 0 Å². The summed E-state index contributed by atoms with van der Waals surface area (Å²) in [6.45, 7) is 7.90. The molecular formula is C22H37NO5. The molecule has 0 spiro atoms. The molecule has 0 bridgehead atoms. The van der Waals surface area contributed by atoms with Gasteiger partial charge in [0.2, 0.25) is 0 Å². The Hall–Kier alpha value is -1.92. The van der Waals surface area contributed by atoms with Crippen LogP contribution in [0.15, 0.2) is 0 Å². The lowest BCUT2D eigenvalue weighted by Crippen LogP contribution is -2.51. The highest BCUT2D eigenvalue weighted by molar-refractivity contribution is 6.04. The molecule has 0 atom stereocenters. The number of benzene rings is 1. The Bertz CT molecular complexity index is 639. The lowest BCUT2D eigenvalue weighted by atomic mass is 9.88. The summed E-state index contributed by atoms with van der Waals surface area (Å²) < 4.78 is 0. The molecule has 0 aliphatic heterocycles. The zero-order chi connectivity index (χ0) is 21.7. The largest absolute Gasteiger partial charge is 0.872 e. The maximum absolute atomic E-state index is 12.6. The quantitative estimate of drug-likeness (QED) is 0.392. The minimum atomic E-state index is -1.26. The van der Waals surface area contributed by atoms with Gasteiger partial charge >= 0.3 is 5.97 Å². The zero-order valence-electron chi connectivity index (χ0n) is 17.9. The maximum atomic E-state index is 12.6. The van der Waals surface area contributed by atoms with Gasteiger partial charge in [0, 0.05) is 12.0 Å². The van der Waals surface area contributed by atoms with Gasteiger partial charge in [-0.1, -0.05) is 56.8 Å². The van der Waals surface area contributed by atoms with Crippen LogP contribution >= 0.6 is 0 Å². The van der Waals surface area contributed by atoms with Crippen LogP contribution in [0.3, 0.4) is 0 Å². The Morgan fingerprint density at radius 1 is 0.893 bits per heavy atom. The van der Waals surface area contributed by atoms with E-state index in [0.29, 0.717) is 35.2 Å². The maximum Gasteiger partial charge on any atom is 0.335 e. The number of Topliss-reactive ketones (excluding diaryl/α,β-unsaturated/α-hetero) is 1. The summed E-state index contributed by atoms with van der Waals surface area (Å²) in [5.41, 5.74) is 4.81. The van der Waals surface area contributed by atoms with Gasteiger partial charge in [-0.25, -0.2) is 4.79 Å². The monoisotopic (exact) mass is 395 g/mol. The summed E-state index contributed by atoms with van der Waals surface area (Å²) in [5.74, 6) is -1.79. The smallest absolute Gasteiger partial charge is 0.335 e. The lowest BCUT2D eigenvalue weighted by molar-refractivity contribution is -0.372. The first-order valence-electron chi connectivity index (χ1n) is 10.2. The number of aromatic carboxylic acids is 1. The number of rotatable bonds is 11. The molecule has 6 heteroatoms. The van der Waals surface area contributed by atoms with E-state index in [0.717, 1.165) is 19.3 Å². The van der Waals surface area contributed by atoms with E-state index in [1.165, 1.54) is 25.7 Å². The van der Waals surface area contributed by atoms with Crippen LogP contribution in [0.1, 0.15) is 95.7 Å². The molecule has 0 fully saturated rings. The molecule has 0 saturated heterocycles. The van der Waals surface area contributed by atoms with Crippen LogP contribution in [-0.2, 0) is 0 Å². The number of carboxylic acids is 1. The van der Waals surface area contributed by atoms with Gasteiger partial charge in [0.05, 0.1) is 18.7 Å². The van der Waals surface area contributed by atoms with Crippen molar-refractivity contribution >= 4 is 11.8 Å². The number of carboxylic acid groups (broad SMARTS) is 1. The molecule has 0 unspecified atom stereocenters. The number of ketones is 1. The highest BCUT2D eigenvalue weighted by atomic mass is 16.4. The molecule has 6 nitrogen and oxygen atoms in total. The standard InChI is InChI=1S/C20H30O4.C2H7NO/c1-5-6-7-8-9-10-11-12-16(21)17-13(2)14(3)19(22)18(15(17)4)20(23)24;3-1-2-4/h22H,5-12H2,1-4H3,(H,23,24);4H,1-3H2. The van der Waals surface area contributed by atoms with Crippen molar-refractivity contribution in [2.75, 3.05) is 13.2 Å². The van der Waals surface area contributed by atoms with Crippen molar-refractivity contribution < 1.29 is 30.6 Å². The van der Waals surface area contributed by atoms with Crippen LogP contribution in [0, 0.1) is 20.8 Å². The molecular weight excluding hydrogens is 358 g/mol. The average molecular weight is 396 g/mol. The Kier molecular flexibility index (Phi) is 13.2. The lowest BCUT2D eigenvalue weighted by Gasteiger charge is -2.22. The minimum Gasteiger partial charge on any atom is -0.872 e. The van der Waals surface area contributed by atoms with E-state index in [4.69, 9.17) is 5.11 Å². The van der Waals surface area contributed by atoms with Gasteiger partial charge in [0.25, 0.3) is 0 Å². The van der Waals surface area contributed by atoms with Gasteiger partial charge in [0.15, 0.2) is 5.78 Å². The molecule has 0 aliphatic carbocycles. The number of aliphatic hydroxyl groups excluding tert-OH is 1. The minimum absolute atomic E-state index is 0.0517. The Morgan fingerprint density at radius 3 is 1.86 bits per heavy atom. The fraction of sp³-hybridized carbons (Fsp3) is 0.636. The van der Waals surface area contributed by atoms with E-state index in [9.17, 15) is 19.8 Å². The van der Waals surface area contributed by atoms with Crippen molar-refractivity contribution in [2.45, 2.75) is 79.1 Å². The molecule has 1 rings (SSSR count). The predicted molar refractivity (Wildman–Crippen MR) is 109 cm³/mol. The van der Waals surface area contributed by atoms with Crippen molar-refractivity contribution in [2.24, 2.45) is 0 Å². The molecule has 28 heavy (non-hydrogen) atoms. The van der Waals surface area contributed by atoms with Crippen LogP contribution in [0.5, 0.6) is 5.75 Å². The van der Waals surface area contributed by atoms with Crippen LogP contribution in [-0.4, -0.2) is 35.1 Å². The SMILES string of the molecule is CCCCCCCCCC(=O)c1c(C)c(C)c([O-])c(C(=O)O)c1C.[NH3+]CCO. The average Bonchev–Trinajstić information content (AvgIpc) is 2.65.